The predicted molar refractivity (Wildman–Crippen MR) is 75.7 cm³/mol. The zero-order valence-corrected chi connectivity index (χ0v) is 12.6. The largest absolute Gasteiger partial charge is 0.491 e. The van der Waals surface area contributed by atoms with Gasteiger partial charge in [-0.15, -0.1) is 0 Å². The normalized spacial score (nSPS) is 12.3. The minimum atomic E-state index is -1.66. The minimum Gasteiger partial charge on any atom is -0.491 e. The first-order valence-corrected chi connectivity index (χ1v) is 6.99. The number of benzene rings is 2. The number of hydrogen-bond acceptors (Lipinski definition) is 2. The highest BCUT2D eigenvalue weighted by molar-refractivity contribution is 9.10. The molecule has 2 rings (SSSR count). The Morgan fingerprint density at radius 2 is 1.86 bits per heavy atom. The van der Waals surface area contributed by atoms with Gasteiger partial charge in [0.1, 0.15) is 6.10 Å². The van der Waals surface area contributed by atoms with Crippen molar-refractivity contribution in [3.8, 4) is 5.75 Å². The third kappa shape index (κ3) is 3.06. The van der Waals surface area contributed by atoms with E-state index in [-0.39, 0.29) is 28.0 Å². The maximum absolute atomic E-state index is 14.2. The Bertz CT molecular complexity index is 662. The van der Waals surface area contributed by atoms with E-state index in [1.54, 1.807) is 6.92 Å². The molecule has 1 unspecified atom stereocenters. The van der Waals surface area contributed by atoms with Crippen molar-refractivity contribution in [3.05, 3.63) is 63.4 Å². The minimum absolute atomic E-state index is 0.0537. The van der Waals surface area contributed by atoms with Crippen molar-refractivity contribution in [1.82, 2.24) is 0 Å². The molecule has 0 saturated carbocycles. The summed E-state index contributed by atoms with van der Waals surface area (Å²) in [5.41, 5.74) is -0.548. The Balaban J connectivity index is 2.53. The molecule has 6 heteroatoms. The molecule has 0 bridgehead atoms. The summed E-state index contributed by atoms with van der Waals surface area (Å²) in [5.74, 6) is -3.20. The molecule has 0 saturated heterocycles. The third-order valence-corrected chi connectivity index (χ3v) is 3.63. The van der Waals surface area contributed by atoms with E-state index in [2.05, 4.69) is 15.9 Å². The summed E-state index contributed by atoms with van der Waals surface area (Å²) in [6, 6.07) is 6.33. The number of rotatable bonds is 4. The molecule has 0 aromatic heterocycles. The zero-order valence-electron chi connectivity index (χ0n) is 11.0. The summed E-state index contributed by atoms with van der Waals surface area (Å²) >= 11 is 3.03. The van der Waals surface area contributed by atoms with Gasteiger partial charge in [-0.05, 0) is 25.1 Å². The van der Waals surface area contributed by atoms with Crippen LogP contribution in [0.1, 0.15) is 24.2 Å². The van der Waals surface area contributed by atoms with Gasteiger partial charge in [-0.2, -0.15) is 0 Å². The molecule has 21 heavy (non-hydrogen) atoms. The molecule has 0 aliphatic carbocycles. The topological polar surface area (TPSA) is 29.5 Å². The van der Waals surface area contributed by atoms with Gasteiger partial charge in [-0.25, -0.2) is 13.2 Å². The fourth-order valence-corrected chi connectivity index (χ4v) is 2.48. The molecular weight excluding hydrogens is 349 g/mol. The van der Waals surface area contributed by atoms with Crippen LogP contribution in [0.5, 0.6) is 5.75 Å². The fourth-order valence-electron chi connectivity index (χ4n) is 1.95. The first-order chi connectivity index (χ1) is 9.97. The number of hydrogen-bond donors (Lipinski definition) is 1. The van der Waals surface area contributed by atoms with Gasteiger partial charge in [0, 0.05) is 15.6 Å². The summed E-state index contributed by atoms with van der Waals surface area (Å²) in [5, 5.41) is 10.2. The quantitative estimate of drug-likeness (QED) is 0.821. The SMILES string of the molecule is CCOc1cccc(C(O)c2c(Br)ccc(F)c2F)c1F. The predicted octanol–water partition coefficient (Wildman–Crippen LogP) is 4.35. The van der Waals surface area contributed by atoms with E-state index in [0.29, 0.717) is 0 Å². The van der Waals surface area contributed by atoms with Crippen LogP contribution in [0.4, 0.5) is 13.2 Å². The van der Waals surface area contributed by atoms with E-state index < -0.39 is 23.6 Å². The van der Waals surface area contributed by atoms with E-state index in [4.69, 9.17) is 4.74 Å². The molecule has 0 amide bonds. The summed E-state index contributed by atoms with van der Waals surface area (Å²) in [4.78, 5) is 0. The highest BCUT2D eigenvalue weighted by Gasteiger charge is 2.25. The zero-order chi connectivity index (χ0) is 15.6. The van der Waals surface area contributed by atoms with Crippen molar-refractivity contribution in [1.29, 1.82) is 0 Å². The maximum atomic E-state index is 14.2. The molecule has 1 N–H and O–H groups in total. The lowest BCUT2D eigenvalue weighted by Gasteiger charge is -2.17. The number of aliphatic hydroxyl groups excluding tert-OH is 1. The Morgan fingerprint density at radius 1 is 1.14 bits per heavy atom. The molecule has 2 aromatic rings. The van der Waals surface area contributed by atoms with Gasteiger partial charge in [0.05, 0.1) is 6.61 Å². The summed E-state index contributed by atoms with van der Waals surface area (Å²) in [6.07, 6.45) is -1.66. The van der Waals surface area contributed by atoms with E-state index in [0.717, 1.165) is 6.07 Å². The monoisotopic (exact) mass is 360 g/mol. The van der Waals surface area contributed by atoms with Crippen molar-refractivity contribution in [3.63, 3.8) is 0 Å². The van der Waals surface area contributed by atoms with Crippen LogP contribution in [0.25, 0.3) is 0 Å². The summed E-state index contributed by atoms with van der Waals surface area (Å²) in [7, 11) is 0. The van der Waals surface area contributed by atoms with Crippen LogP contribution in [-0.4, -0.2) is 11.7 Å². The first-order valence-electron chi connectivity index (χ1n) is 6.20. The molecule has 2 aromatic carbocycles. The number of ether oxygens (including phenoxy) is 1. The lowest BCUT2D eigenvalue weighted by Crippen LogP contribution is -2.08. The van der Waals surface area contributed by atoms with Gasteiger partial charge in [0.2, 0.25) is 0 Å². The Labute approximate surface area is 128 Å². The van der Waals surface area contributed by atoms with Gasteiger partial charge < -0.3 is 9.84 Å². The molecule has 0 spiro atoms. The highest BCUT2D eigenvalue weighted by Crippen LogP contribution is 2.35. The van der Waals surface area contributed by atoms with E-state index in [1.807, 2.05) is 0 Å². The van der Waals surface area contributed by atoms with E-state index in [1.165, 1.54) is 24.3 Å². The molecule has 112 valence electrons. The molecule has 0 fully saturated rings. The highest BCUT2D eigenvalue weighted by atomic mass is 79.9. The lowest BCUT2D eigenvalue weighted by molar-refractivity contribution is 0.205. The molecule has 1 atom stereocenters. The summed E-state index contributed by atoms with van der Waals surface area (Å²) < 4.78 is 46.6. The average molecular weight is 361 g/mol. The Hall–Kier alpha value is -1.53. The number of halogens is 4. The number of aliphatic hydroxyl groups is 1. The van der Waals surface area contributed by atoms with Gasteiger partial charge in [0.25, 0.3) is 0 Å². The molecule has 2 nitrogen and oxygen atoms in total. The van der Waals surface area contributed by atoms with Crippen LogP contribution in [0.15, 0.2) is 34.8 Å². The van der Waals surface area contributed by atoms with Crippen molar-refractivity contribution >= 4 is 15.9 Å². The lowest BCUT2D eigenvalue weighted by atomic mass is 10.00. The van der Waals surface area contributed by atoms with Crippen molar-refractivity contribution in [2.24, 2.45) is 0 Å². The molecule has 0 aliphatic heterocycles. The van der Waals surface area contributed by atoms with E-state index in [9.17, 15) is 18.3 Å². The van der Waals surface area contributed by atoms with Gasteiger partial charge in [0.15, 0.2) is 23.2 Å². The Morgan fingerprint density at radius 3 is 2.52 bits per heavy atom. The molecule has 0 radical (unpaired) electrons. The van der Waals surface area contributed by atoms with Gasteiger partial charge >= 0.3 is 0 Å². The van der Waals surface area contributed by atoms with Crippen molar-refractivity contribution in [2.75, 3.05) is 6.61 Å². The van der Waals surface area contributed by atoms with Crippen molar-refractivity contribution in [2.45, 2.75) is 13.0 Å². The summed E-state index contributed by atoms with van der Waals surface area (Å²) in [6.45, 7) is 1.93. The maximum Gasteiger partial charge on any atom is 0.171 e. The standard InChI is InChI=1S/C15H12BrF3O2/c1-2-21-11-5-3-4-8(13(11)18)15(20)12-9(16)6-7-10(17)14(12)19/h3-7,15,20H,2H2,1H3. The van der Waals surface area contributed by atoms with Crippen molar-refractivity contribution < 1.29 is 23.0 Å². The molecule has 0 heterocycles. The molecular formula is C15H12BrF3O2. The van der Waals surface area contributed by atoms with Crippen LogP contribution in [0.3, 0.4) is 0 Å². The van der Waals surface area contributed by atoms with Crippen LogP contribution >= 0.6 is 15.9 Å². The first kappa shape index (κ1) is 15.9. The smallest absolute Gasteiger partial charge is 0.171 e. The second kappa shape index (κ2) is 6.49. The van der Waals surface area contributed by atoms with Crippen LogP contribution in [0.2, 0.25) is 0 Å². The molecule has 0 aliphatic rings. The van der Waals surface area contributed by atoms with Gasteiger partial charge in [-0.1, -0.05) is 28.1 Å². The fraction of sp³-hybridized carbons (Fsp3) is 0.200. The van der Waals surface area contributed by atoms with E-state index >= 15 is 0 Å². The van der Waals surface area contributed by atoms with Crippen LogP contribution in [0, 0.1) is 17.5 Å². The second-order valence-electron chi connectivity index (χ2n) is 4.25. The second-order valence-corrected chi connectivity index (χ2v) is 5.11. The van der Waals surface area contributed by atoms with Crippen LogP contribution in [-0.2, 0) is 0 Å². The average Bonchev–Trinajstić information content (AvgIpc) is 2.46. The van der Waals surface area contributed by atoms with Gasteiger partial charge in [-0.3, -0.25) is 0 Å². The van der Waals surface area contributed by atoms with Crippen LogP contribution < -0.4 is 4.74 Å². The Kier molecular flexibility index (Phi) is 4.90. The third-order valence-electron chi connectivity index (χ3n) is 2.94.